The van der Waals surface area contributed by atoms with E-state index in [-0.39, 0.29) is 16.9 Å². The first-order valence-corrected chi connectivity index (χ1v) is 12.0. The highest BCUT2D eigenvalue weighted by molar-refractivity contribution is 7.11. The number of thiazole rings is 1. The lowest BCUT2D eigenvalue weighted by Gasteiger charge is -2.25. The zero-order chi connectivity index (χ0) is 24.6. The molecular formula is C24H22N2O6S2. The maximum Gasteiger partial charge on any atom is 0.338 e. The van der Waals surface area contributed by atoms with Crippen LogP contribution in [0.25, 0.3) is 6.08 Å². The number of carbonyl (C=O) groups is 2. The van der Waals surface area contributed by atoms with Gasteiger partial charge in [-0.25, -0.2) is 9.79 Å². The molecule has 0 amide bonds. The van der Waals surface area contributed by atoms with Crippen molar-refractivity contribution < 1.29 is 23.8 Å². The van der Waals surface area contributed by atoms with Gasteiger partial charge in [0.2, 0.25) is 0 Å². The van der Waals surface area contributed by atoms with Crippen molar-refractivity contribution in [2.24, 2.45) is 4.99 Å². The van der Waals surface area contributed by atoms with Gasteiger partial charge in [-0.15, -0.1) is 11.3 Å². The number of ether oxygens (including phenoxy) is 3. The summed E-state index contributed by atoms with van der Waals surface area (Å²) in [5, 5.41) is 1.97. The fourth-order valence-corrected chi connectivity index (χ4v) is 5.71. The molecule has 8 nitrogen and oxygen atoms in total. The molecule has 1 atom stereocenters. The lowest BCUT2D eigenvalue weighted by molar-refractivity contribution is -0.136. The Bertz CT molecular complexity index is 1510. The quantitative estimate of drug-likeness (QED) is 0.397. The fraction of sp³-hybridized carbons (Fsp3) is 0.250. The second-order valence-electron chi connectivity index (χ2n) is 7.55. The van der Waals surface area contributed by atoms with Crippen LogP contribution < -0.4 is 24.4 Å². The van der Waals surface area contributed by atoms with Crippen molar-refractivity contribution in [3.63, 3.8) is 0 Å². The Morgan fingerprint density at radius 2 is 1.91 bits per heavy atom. The molecule has 4 rings (SSSR count). The standard InChI is InChI=1S/C24H22N2O6S2/c1-12-8-9-33-18(12)11-19-22(28)26-21(20(23(29)31-5)13(2)25-24(26)34-19)15-6-7-16(32-14(3)27)17(10-15)30-4/h6-11,21H,1-5H3/b19-11+/t21-/m1/s1. The van der Waals surface area contributed by atoms with Crippen molar-refractivity contribution >= 4 is 40.7 Å². The zero-order valence-corrected chi connectivity index (χ0v) is 20.8. The van der Waals surface area contributed by atoms with Crippen LogP contribution in [0.3, 0.4) is 0 Å². The highest BCUT2D eigenvalue weighted by Crippen LogP contribution is 2.36. The number of aromatic nitrogens is 1. The maximum atomic E-state index is 13.6. The average molecular weight is 499 g/mol. The second kappa shape index (κ2) is 9.40. The highest BCUT2D eigenvalue weighted by atomic mass is 32.1. The Balaban J connectivity index is 1.97. The number of carbonyl (C=O) groups excluding carboxylic acids is 2. The highest BCUT2D eigenvalue weighted by Gasteiger charge is 2.33. The van der Waals surface area contributed by atoms with E-state index in [1.807, 2.05) is 24.4 Å². The molecule has 34 heavy (non-hydrogen) atoms. The van der Waals surface area contributed by atoms with Crippen molar-refractivity contribution in [3.05, 3.63) is 76.6 Å². The number of rotatable bonds is 5. The molecule has 0 spiro atoms. The van der Waals surface area contributed by atoms with Gasteiger partial charge in [0.05, 0.1) is 36.1 Å². The van der Waals surface area contributed by atoms with E-state index in [1.54, 1.807) is 36.5 Å². The van der Waals surface area contributed by atoms with Gasteiger partial charge in [-0.2, -0.15) is 0 Å². The van der Waals surface area contributed by atoms with E-state index in [0.29, 0.717) is 26.3 Å². The molecule has 0 aliphatic carbocycles. The molecule has 1 aliphatic rings. The molecule has 0 radical (unpaired) electrons. The van der Waals surface area contributed by atoms with Crippen LogP contribution in [0.4, 0.5) is 0 Å². The molecule has 176 valence electrons. The first-order chi connectivity index (χ1) is 16.2. The molecule has 1 aliphatic heterocycles. The minimum atomic E-state index is -0.796. The summed E-state index contributed by atoms with van der Waals surface area (Å²) in [5.74, 6) is -0.547. The number of hydrogen-bond acceptors (Lipinski definition) is 9. The van der Waals surface area contributed by atoms with Gasteiger partial charge in [0.15, 0.2) is 16.3 Å². The molecule has 10 heteroatoms. The maximum absolute atomic E-state index is 13.6. The Hall–Kier alpha value is -3.50. The zero-order valence-electron chi connectivity index (χ0n) is 19.2. The lowest BCUT2D eigenvalue weighted by Crippen LogP contribution is -2.39. The molecule has 0 unspecified atom stereocenters. The Morgan fingerprint density at radius 3 is 2.53 bits per heavy atom. The van der Waals surface area contributed by atoms with Crippen molar-refractivity contribution in [3.8, 4) is 11.5 Å². The van der Waals surface area contributed by atoms with Gasteiger partial charge in [-0.05, 0) is 54.6 Å². The second-order valence-corrected chi connectivity index (χ2v) is 9.50. The summed E-state index contributed by atoms with van der Waals surface area (Å²) in [5.41, 5.74) is 2.10. The van der Waals surface area contributed by atoms with Gasteiger partial charge in [-0.3, -0.25) is 14.2 Å². The number of nitrogens with zero attached hydrogens (tertiary/aromatic N) is 2. The Labute approximate surface area is 203 Å². The van der Waals surface area contributed by atoms with Gasteiger partial charge in [0.25, 0.3) is 5.56 Å². The summed E-state index contributed by atoms with van der Waals surface area (Å²) in [6.07, 6.45) is 1.85. The number of esters is 2. The Morgan fingerprint density at radius 1 is 1.15 bits per heavy atom. The number of allylic oxidation sites excluding steroid dienone is 1. The number of thiophene rings is 1. The third-order valence-electron chi connectivity index (χ3n) is 5.35. The molecule has 0 saturated carbocycles. The lowest BCUT2D eigenvalue weighted by atomic mass is 9.95. The van der Waals surface area contributed by atoms with Crippen LogP contribution in [-0.2, 0) is 14.3 Å². The van der Waals surface area contributed by atoms with Gasteiger partial charge in [-0.1, -0.05) is 17.4 Å². The molecule has 1 aromatic carbocycles. The summed E-state index contributed by atoms with van der Waals surface area (Å²) < 4.78 is 17.7. The number of aryl methyl sites for hydroxylation is 1. The van der Waals surface area contributed by atoms with Crippen LogP contribution in [0.2, 0.25) is 0 Å². The van der Waals surface area contributed by atoms with Crippen molar-refractivity contribution in [1.29, 1.82) is 0 Å². The van der Waals surface area contributed by atoms with E-state index < -0.39 is 18.0 Å². The molecule has 0 N–H and O–H groups in total. The van der Waals surface area contributed by atoms with Gasteiger partial charge < -0.3 is 14.2 Å². The topological polar surface area (TPSA) is 96.2 Å². The van der Waals surface area contributed by atoms with Crippen LogP contribution in [0.15, 0.2) is 50.7 Å². The normalized spacial score (nSPS) is 15.6. The summed E-state index contributed by atoms with van der Waals surface area (Å²) in [6, 6.07) is 6.10. The van der Waals surface area contributed by atoms with E-state index in [4.69, 9.17) is 14.2 Å². The third kappa shape index (κ3) is 4.22. The molecular weight excluding hydrogens is 476 g/mol. The summed E-state index contributed by atoms with van der Waals surface area (Å²) >= 11 is 2.81. The third-order valence-corrected chi connectivity index (χ3v) is 7.30. The minimum absolute atomic E-state index is 0.236. The smallest absolute Gasteiger partial charge is 0.338 e. The van der Waals surface area contributed by atoms with E-state index in [2.05, 4.69) is 4.99 Å². The van der Waals surface area contributed by atoms with E-state index in [1.165, 1.54) is 37.0 Å². The summed E-state index contributed by atoms with van der Waals surface area (Å²) in [6.45, 7) is 4.99. The summed E-state index contributed by atoms with van der Waals surface area (Å²) in [4.78, 5) is 43.8. The molecule has 0 saturated heterocycles. The van der Waals surface area contributed by atoms with Crippen LogP contribution in [0.1, 0.15) is 35.9 Å². The predicted molar refractivity (Wildman–Crippen MR) is 129 cm³/mol. The number of hydrogen-bond donors (Lipinski definition) is 0. The van der Waals surface area contributed by atoms with Crippen molar-refractivity contribution in [2.45, 2.75) is 26.8 Å². The molecule has 3 heterocycles. The summed E-state index contributed by atoms with van der Waals surface area (Å²) in [7, 11) is 2.73. The van der Waals surface area contributed by atoms with Crippen molar-refractivity contribution in [2.75, 3.05) is 14.2 Å². The predicted octanol–water partition coefficient (Wildman–Crippen LogP) is 2.71. The minimum Gasteiger partial charge on any atom is -0.493 e. The van der Waals surface area contributed by atoms with Crippen LogP contribution in [0, 0.1) is 6.92 Å². The monoisotopic (exact) mass is 498 g/mol. The Kier molecular flexibility index (Phi) is 6.54. The van der Waals surface area contributed by atoms with Crippen LogP contribution in [0.5, 0.6) is 11.5 Å². The van der Waals surface area contributed by atoms with Gasteiger partial charge in [0, 0.05) is 11.8 Å². The SMILES string of the molecule is COC(=O)C1=C(C)N=c2s/c(=C/c3sccc3C)c(=O)n2[C@@H]1c1ccc(OC(C)=O)c(OC)c1. The van der Waals surface area contributed by atoms with E-state index in [0.717, 1.165) is 10.4 Å². The average Bonchev–Trinajstić information content (AvgIpc) is 3.34. The fourth-order valence-electron chi connectivity index (χ4n) is 3.75. The van der Waals surface area contributed by atoms with Gasteiger partial charge >= 0.3 is 11.9 Å². The number of fused-ring (bicyclic) bond motifs is 1. The number of methoxy groups -OCH3 is 2. The van der Waals surface area contributed by atoms with Gasteiger partial charge in [0.1, 0.15) is 0 Å². The van der Waals surface area contributed by atoms with E-state index in [9.17, 15) is 14.4 Å². The largest absolute Gasteiger partial charge is 0.493 e. The molecule has 3 aromatic rings. The van der Waals surface area contributed by atoms with Crippen molar-refractivity contribution in [1.82, 2.24) is 4.57 Å². The molecule has 0 bridgehead atoms. The van der Waals surface area contributed by atoms with Crippen LogP contribution >= 0.6 is 22.7 Å². The van der Waals surface area contributed by atoms with E-state index >= 15 is 0 Å². The molecule has 0 fully saturated rings. The first kappa shape index (κ1) is 23.7. The first-order valence-electron chi connectivity index (χ1n) is 10.3. The number of benzene rings is 1. The van der Waals surface area contributed by atoms with Crippen LogP contribution in [-0.4, -0.2) is 30.7 Å². The molecule has 2 aromatic heterocycles.